The number of thiazole rings is 1. The number of likely N-dealkylation sites (N-methyl/N-ethyl adjacent to an activating group) is 1. The number of nitrogens with zero attached hydrogens (tertiary/aromatic N) is 3. The van der Waals surface area contributed by atoms with Crippen molar-refractivity contribution in [3.05, 3.63) is 120 Å². The van der Waals surface area contributed by atoms with Gasteiger partial charge in [0.25, 0.3) is 11.5 Å². The number of benzene rings is 3. The van der Waals surface area contributed by atoms with Crippen molar-refractivity contribution in [2.45, 2.75) is 36.8 Å². The summed E-state index contributed by atoms with van der Waals surface area (Å²) in [5.74, 6) is 0.985. The number of carbonyl (C=O) groups is 1. The highest BCUT2D eigenvalue weighted by Crippen LogP contribution is 2.41. The lowest BCUT2D eigenvalue weighted by Crippen LogP contribution is -2.43. The van der Waals surface area contributed by atoms with Gasteiger partial charge in [-0.15, -0.1) is 0 Å². The molecule has 10 heteroatoms. The van der Waals surface area contributed by atoms with Crippen LogP contribution in [0.4, 0.5) is 0 Å². The number of carbonyl (C=O) groups excluding carboxylic acids is 1. The van der Waals surface area contributed by atoms with Crippen LogP contribution in [0, 0.1) is 0 Å². The van der Waals surface area contributed by atoms with E-state index in [4.69, 9.17) is 14.1 Å². The molecule has 0 saturated heterocycles. The second-order valence-electron chi connectivity index (χ2n) is 10.2. The highest BCUT2D eigenvalue weighted by Gasteiger charge is 2.36. The smallest absolute Gasteiger partial charge is 0.271 e. The van der Waals surface area contributed by atoms with Crippen molar-refractivity contribution in [2.24, 2.45) is 4.99 Å². The van der Waals surface area contributed by atoms with E-state index >= 15 is 0 Å². The van der Waals surface area contributed by atoms with E-state index in [-0.39, 0.29) is 11.5 Å². The fourth-order valence-electron chi connectivity index (χ4n) is 5.52. The van der Waals surface area contributed by atoms with E-state index in [0.29, 0.717) is 50.3 Å². The zero-order chi connectivity index (χ0) is 31.0. The van der Waals surface area contributed by atoms with Crippen molar-refractivity contribution >= 4 is 61.8 Å². The average Bonchev–Trinajstić information content (AvgIpc) is 3.53. The summed E-state index contributed by atoms with van der Waals surface area (Å²) in [5, 5.41) is 2.58. The van der Waals surface area contributed by atoms with Crippen LogP contribution < -0.4 is 19.6 Å². The van der Waals surface area contributed by atoms with Crippen LogP contribution in [0.3, 0.4) is 0 Å². The van der Waals surface area contributed by atoms with Crippen LogP contribution in [0.2, 0.25) is 0 Å². The van der Waals surface area contributed by atoms with Crippen molar-refractivity contribution in [2.75, 3.05) is 20.2 Å². The van der Waals surface area contributed by atoms with Gasteiger partial charge in [0.2, 0.25) is 0 Å². The maximum absolute atomic E-state index is 14.3. The molecule has 3 aromatic carbocycles. The first-order valence-electron chi connectivity index (χ1n) is 14.2. The number of allylic oxidation sites excluding steroid dienone is 1. The molecular formula is C34H30BrN3O4S2. The summed E-state index contributed by atoms with van der Waals surface area (Å²) in [4.78, 5) is 36.6. The van der Waals surface area contributed by atoms with Crippen LogP contribution in [0.25, 0.3) is 16.8 Å². The molecule has 1 aliphatic rings. The monoisotopic (exact) mass is 687 g/mol. The Morgan fingerprint density at radius 2 is 1.84 bits per heavy atom. The molecule has 224 valence electrons. The van der Waals surface area contributed by atoms with Gasteiger partial charge in [-0.3, -0.25) is 14.2 Å². The van der Waals surface area contributed by atoms with Gasteiger partial charge in [-0.2, -0.15) is 0 Å². The van der Waals surface area contributed by atoms with Crippen LogP contribution in [-0.2, 0) is 4.79 Å². The van der Waals surface area contributed by atoms with E-state index in [2.05, 4.69) is 15.9 Å². The molecule has 0 aliphatic carbocycles. The lowest BCUT2D eigenvalue weighted by molar-refractivity contribution is -0.127. The molecule has 44 heavy (non-hydrogen) atoms. The topological polar surface area (TPSA) is 77.0 Å². The summed E-state index contributed by atoms with van der Waals surface area (Å²) in [7, 11) is 1.61. The number of fused-ring (bicyclic) bond motifs is 2. The van der Waals surface area contributed by atoms with E-state index in [0.717, 1.165) is 25.7 Å². The maximum Gasteiger partial charge on any atom is 0.271 e. The molecule has 0 saturated carbocycles. The van der Waals surface area contributed by atoms with Gasteiger partial charge in [0, 0.05) is 29.6 Å². The molecule has 0 bridgehead atoms. The second kappa shape index (κ2) is 12.6. The fourth-order valence-corrected chi connectivity index (χ4v) is 7.90. The minimum atomic E-state index is -0.741. The van der Waals surface area contributed by atoms with Gasteiger partial charge in [0.05, 0.1) is 27.4 Å². The Kier molecular flexibility index (Phi) is 8.66. The minimum absolute atomic E-state index is 0.150. The third-order valence-electron chi connectivity index (χ3n) is 7.63. The Bertz CT molecular complexity index is 2090. The Balaban J connectivity index is 1.56. The summed E-state index contributed by atoms with van der Waals surface area (Å²) in [6.07, 6.45) is 1.74. The zero-order valence-electron chi connectivity index (χ0n) is 24.7. The molecule has 0 radical (unpaired) electrons. The van der Waals surface area contributed by atoms with Gasteiger partial charge in [0.1, 0.15) is 17.6 Å². The number of halogens is 1. The van der Waals surface area contributed by atoms with Crippen molar-refractivity contribution in [1.82, 2.24) is 9.47 Å². The summed E-state index contributed by atoms with van der Waals surface area (Å²) in [5.41, 5.74) is 1.54. The van der Waals surface area contributed by atoms with Gasteiger partial charge in [-0.1, -0.05) is 71.6 Å². The molecular weight excluding hydrogens is 658 g/mol. The number of aromatic nitrogens is 1. The summed E-state index contributed by atoms with van der Waals surface area (Å²) < 4.78 is 14.9. The number of hydrogen-bond donors (Lipinski definition) is 0. The van der Waals surface area contributed by atoms with E-state index in [1.807, 2.05) is 93.6 Å². The molecule has 0 unspecified atom stereocenters. The molecule has 5 aromatic rings. The summed E-state index contributed by atoms with van der Waals surface area (Å²) in [6, 6.07) is 22.9. The molecule has 0 fully saturated rings. The zero-order valence-corrected chi connectivity index (χ0v) is 27.9. The van der Waals surface area contributed by atoms with Gasteiger partial charge in [-0.25, -0.2) is 4.99 Å². The number of furan rings is 1. The Hall–Kier alpha value is -3.86. The number of rotatable bonds is 8. The number of methoxy groups -OCH3 is 1. The molecule has 1 amide bonds. The lowest BCUT2D eigenvalue weighted by Gasteiger charge is -2.30. The number of hydrogen-bond acceptors (Lipinski definition) is 7. The van der Waals surface area contributed by atoms with Crippen LogP contribution in [0.5, 0.6) is 5.75 Å². The fraction of sp³-hybridized carbons (Fsp3) is 0.206. The second-order valence-corrected chi connectivity index (χ2v) is 13.1. The van der Waals surface area contributed by atoms with Gasteiger partial charge < -0.3 is 14.1 Å². The van der Waals surface area contributed by atoms with Crippen LogP contribution in [-0.4, -0.2) is 35.6 Å². The Labute approximate surface area is 271 Å². The Morgan fingerprint density at radius 1 is 1.11 bits per heavy atom. The average molecular weight is 689 g/mol. The van der Waals surface area contributed by atoms with Crippen molar-refractivity contribution < 1.29 is 13.9 Å². The summed E-state index contributed by atoms with van der Waals surface area (Å²) in [6.45, 7) is 6.81. The SMILES string of the molecule is CCN(CC)C(=O)C1=C(C)N=c2s/c(=C/c3cc(Br)c(Sc4ccccc4)o3)c(=O)n2[C@H]1c1c(OC)ccc2ccccc12. The highest BCUT2D eigenvalue weighted by atomic mass is 79.9. The van der Waals surface area contributed by atoms with E-state index in [1.54, 1.807) is 22.7 Å². The first kappa shape index (κ1) is 30.2. The molecule has 0 spiro atoms. The standard InChI is InChI=1S/C34H30BrN3O4S2/c1-5-37(6-2)32(40)28-20(3)36-34-38(30(28)29-24-15-11-10-12-21(24)16-17-26(29)41-4)31(39)27(44-34)19-22-18-25(35)33(42-22)43-23-13-8-7-9-14-23/h7-19,30H,5-6H2,1-4H3/b27-19+/t30-/m1/s1. The predicted octanol–water partition coefficient (Wildman–Crippen LogP) is 6.77. The lowest BCUT2D eigenvalue weighted by atomic mass is 9.90. The molecule has 1 atom stereocenters. The van der Waals surface area contributed by atoms with Gasteiger partial charge in [-0.05, 0) is 71.7 Å². The highest BCUT2D eigenvalue weighted by molar-refractivity contribution is 9.10. The minimum Gasteiger partial charge on any atom is -0.496 e. The largest absolute Gasteiger partial charge is 0.496 e. The van der Waals surface area contributed by atoms with Gasteiger partial charge >= 0.3 is 0 Å². The molecule has 0 N–H and O–H groups in total. The summed E-state index contributed by atoms with van der Waals surface area (Å²) >= 11 is 6.38. The van der Waals surface area contributed by atoms with E-state index in [1.165, 1.54) is 23.1 Å². The van der Waals surface area contributed by atoms with Gasteiger partial charge in [0.15, 0.2) is 9.89 Å². The molecule has 6 rings (SSSR count). The van der Waals surface area contributed by atoms with Crippen LogP contribution in [0.1, 0.15) is 38.1 Å². The third kappa shape index (κ3) is 5.46. The van der Waals surface area contributed by atoms with Crippen molar-refractivity contribution in [3.8, 4) is 5.75 Å². The molecule has 7 nitrogen and oxygen atoms in total. The first-order valence-corrected chi connectivity index (χ1v) is 16.7. The van der Waals surface area contributed by atoms with E-state index < -0.39 is 6.04 Å². The van der Waals surface area contributed by atoms with Crippen LogP contribution >= 0.6 is 39.0 Å². The maximum atomic E-state index is 14.3. The van der Waals surface area contributed by atoms with Crippen molar-refractivity contribution in [1.29, 1.82) is 0 Å². The predicted molar refractivity (Wildman–Crippen MR) is 179 cm³/mol. The van der Waals surface area contributed by atoms with E-state index in [9.17, 15) is 9.59 Å². The first-order chi connectivity index (χ1) is 21.3. The van der Waals surface area contributed by atoms with Crippen molar-refractivity contribution in [3.63, 3.8) is 0 Å². The quantitative estimate of drug-likeness (QED) is 0.180. The third-order valence-corrected chi connectivity index (χ3v) is 10.5. The number of amides is 1. The molecule has 2 aromatic heterocycles. The normalized spacial score (nSPS) is 14.9. The number of ether oxygens (including phenoxy) is 1. The Morgan fingerprint density at radius 3 is 2.57 bits per heavy atom. The molecule has 3 heterocycles. The molecule has 1 aliphatic heterocycles. The van der Waals surface area contributed by atoms with Crippen LogP contribution in [0.15, 0.2) is 113 Å².